The normalized spacial score (nSPS) is 26.0. The summed E-state index contributed by atoms with van der Waals surface area (Å²) in [6.07, 6.45) is 2.59. The number of carbonyl (C=O) groups excluding carboxylic acids is 2. The van der Waals surface area contributed by atoms with E-state index in [9.17, 15) is 14.0 Å². The van der Waals surface area contributed by atoms with Gasteiger partial charge in [-0.05, 0) is 56.9 Å². The highest BCUT2D eigenvalue weighted by Crippen LogP contribution is 2.30. The van der Waals surface area contributed by atoms with E-state index >= 15 is 0 Å². The second kappa shape index (κ2) is 5.13. The number of amides is 2. The smallest absolute Gasteiger partial charge is 0.250 e. The van der Waals surface area contributed by atoms with E-state index in [1.165, 1.54) is 17.0 Å². The zero-order chi connectivity index (χ0) is 15.1. The van der Waals surface area contributed by atoms with Crippen molar-refractivity contribution in [3.63, 3.8) is 0 Å². The lowest BCUT2D eigenvalue weighted by molar-refractivity contribution is -0.147. The molecule has 0 aliphatic carbocycles. The van der Waals surface area contributed by atoms with E-state index in [0.717, 1.165) is 18.4 Å². The molecule has 1 aromatic rings. The van der Waals surface area contributed by atoms with Gasteiger partial charge in [0.1, 0.15) is 17.9 Å². The van der Waals surface area contributed by atoms with E-state index in [-0.39, 0.29) is 23.7 Å². The second-order valence-electron chi connectivity index (χ2n) is 5.91. The van der Waals surface area contributed by atoms with Gasteiger partial charge < -0.3 is 4.90 Å². The third-order valence-electron chi connectivity index (χ3n) is 4.36. The molecule has 2 heterocycles. The topological polar surface area (TPSA) is 40.6 Å². The molecular formula is C16H19FN2O2. The summed E-state index contributed by atoms with van der Waals surface area (Å²) in [5, 5.41) is 0. The molecule has 21 heavy (non-hydrogen) atoms. The Kier molecular flexibility index (Phi) is 3.43. The summed E-state index contributed by atoms with van der Waals surface area (Å²) < 4.78 is 13.6. The third-order valence-corrected chi connectivity index (χ3v) is 4.36. The minimum atomic E-state index is -0.576. The number of hydrogen-bond acceptors (Lipinski definition) is 2. The molecule has 0 N–H and O–H groups in total. The highest BCUT2D eigenvalue weighted by Gasteiger charge is 2.45. The van der Waals surface area contributed by atoms with E-state index in [1.807, 2.05) is 0 Å². The molecule has 2 unspecified atom stereocenters. The minimum absolute atomic E-state index is 0.0405. The Morgan fingerprint density at radius 3 is 2.62 bits per heavy atom. The van der Waals surface area contributed by atoms with Crippen LogP contribution >= 0.6 is 0 Å². The van der Waals surface area contributed by atoms with Crippen LogP contribution in [0.3, 0.4) is 0 Å². The van der Waals surface area contributed by atoms with Crippen LogP contribution in [0.15, 0.2) is 18.2 Å². The van der Waals surface area contributed by atoms with E-state index in [0.29, 0.717) is 18.7 Å². The van der Waals surface area contributed by atoms with Crippen molar-refractivity contribution in [3.05, 3.63) is 29.6 Å². The van der Waals surface area contributed by atoms with Gasteiger partial charge in [0.25, 0.3) is 5.91 Å². The molecule has 0 bridgehead atoms. The average molecular weight is 290 g/mol. The SMILES string of the molecule is Cc1cc(F)cc(N2C(=O)C3CCCCN3C(=O)C2C)c1. The predicted octanol–water partition coefficient (Wildman–Crippen LogP) is 2.25. The summed E-state index contributed by atoms with van der Waals surface area (Å²) in [5.74, 6) is -0.517. The molecule has 1 aromatic carbocycles. The van der Waals surface area contributed by atoms with Crippen molar-refractivity contribution < 1.29 is 14.0 Å². The van der Waals surface area contributed by atoms with Crippen LogP contribution in [0.25, 0.3) is 0 Å². The van der Waals surface area contributed by atoms with Crippen molar-refractivity contribution in [2.45, 2.75) is 45.2 Å². The molecule has 2 saturated heterocycles. The van der Waals surface area contributed by atoms with Gasteiger partial charge in [0, 0.05) is 12.2 Å². The van der Waals surface area contributed by atoms with E-state index in [1.54, 1.807) is 24.8 Å². The van der Waals surface area contributed by atoms with Crippen LogP contribution in [0.5, 0.6) is 0 Å². The first-order valence-corrected chi connectivity index (χ1v) is 7.40. The first kappa shape index (κ1) is 14.0. The molecule has 2 atom stereocenters. The molecule has 0 radical (unpaired) electrons. The van der Waals surface area contributed by atoms with E-state index in [2.05, 4.69) is 0 Å². The maximum atomic E-state index is 13.6. The number of hydrogen-bond donors (Lipinski definition) is 0. The number of carbonyl (C=O) groups is 2. The molecule has 5 heteroatoms. The summed E-state index contributed by atoms with van der Waals surface area (Å²) in [7, 11) is 0. The molecule has 4 nitrogen and oxygen atoms in total. The van der Waals surface area contributed by atoms with Crippen molar-refractivity contribution in [2.24, 2.45) is 0 Å². The number of piperazine rings is 1. The first-order valence-electron chi connectivity index (χ1n) is 7.40. The van der Waals surface area contributed by atoms with E-state index < -0.39 is 6.04 Å². The van der Waals surface area contributed by atoms with Crippen LogP contribution in [0.2, 0.25) is 0 Å². The summed E-state index contributed by atoms with van der Waals surface area (Å²) in [5.41, 5.74) is 1.21. The van der Waals surface area contributed by atoms with Crippen molar-refractivity contribution in [1.29, 1.82) is 0 Å². The molecular weight excluding hydrogens is 271 g/mol. The van der Waals surface area contributed by atoms with Crippen LogP contribution in [0.1, 0.15) is 31.7 Å². The van der Waals surface area contributed by atoms with E-state index in [4.69, 9.17) is 0 Å². The lowest BCUT2D eigenvalue weighted by Gasteiger charge is -2.46. The molecule has 2 amide bonds. The van der Waals surface area contributed by atoms with Gasteiger partial charge in [-0.3, -0.25) is 14.5 Å². The van der Waals surface area contributed by atoms with Crippen molar-refractivity contribution >= 4 is 17.5 Å². The lowest BCUT2D eigenvalue weighted by Crippen LogP contribution is -2.65. The van der Waals surface area contributed by atoms with Gasteiger partial charge in [0.05, 0.1) is 0 Å². The van der Waals surface area contributed by atoms with Crippen LogP contribution in [0.4, 0.5) is 10.1 Å². The second-order valence-corrected chi connectivity index (χ2v) is 5.91. The summed E-state index contributed by atoms with van der Waals surface area (Å²) >= 11 is 0. The van der Waals surface area contributed by atoms with Gasteiger partial charge in [0.2, 0.25) is 5.91 Å². The highest BCUT2D eigenvalue weighted by molar-refractivity contribution is 6.08. The number of halogens is 1. The molecule has 0 spiro atoms. The van der Waals surface area contributed by atoms with Gasteiger partial charge in [-0.15, -0.1) is 0 Å². The first-order chi connectivity index (χ1) is 9.99. The Labute approximate surface area is 123 Å². The van der Waals surface area contributed by atoms with Crippen LogP contribution in [0, 0.1) is 12.7 Å². The fraction of sp³-hybridized carbons (Fsp3) is 0.500. The lowest BCUT2D eigenvalue weighted by atomic mass is 9.95. The standard InChI is InChI=1S/C16H19FN2O2/c1-10-7-12(17)9-13(8-10)19-11(2)15(20)18-6-4-3-5-14(18)16(19)21/h7-9,11,14H,3-6H2,1-2H3. The summed E-state index contributed by atoms with van der Waals surface area (Å²) in [4.78, 5) is 28.4. The number of anilines is 1. The van der Waals surface area contributed by atoms with Gasteiger partial charge in [0.15, 0.2) is 0 Å². The molecule has 2 aliphatic rings. The number of nitrogens with zero attached hydrogens (tertiary/aromatic N) is 2. The molecule has 2 fully saturated rings. The van der Waals surface area contributed by atoms with Gasteiger partial charge in [-0.25, -0.2) is 4.39 Å². The molecule has 112 valence electrons. The highest BCUT2D eigenvalue weighted by atomic mass is 19.1. The minimum Gasteiger partial charge on any atom is -0.329 e. The summed E-state index contributed by atoms with van der Waals surface area (Å²) in [6.45, 7) is 4.14. The number of aryl methyl sites for hydroxylation is 1. The van der Waals surface area contributed by atoms with Crippen molar-refractivity contribution in [2.75, 3.05) is 11.4 Å². The Bertz CT molecular complexity index is 582. The quantitative estimate of drug-likeness (QED) is 0.796. The van der Waals surface area contributed by atoms with Gasteiger partial charge in [-0.2, -0.15) is 0 Å². The van der Waals surface area contributed by atoms with Crippen LogP contribution in [-0.2, 0) is 9.59 Å². The Morgan fingerprint density at radius 2 is 1.90 bits per heavy atom. The molecule has 0 aromatic heterocycles. The van der Waals surface area contributed by atoms with Crippen LogP contribution < -0.4 is 4.90 Å². The Balaban J connectivity index is 2.01. The molecule has 3 rings (SSSR count). The monoisotopic (exact) mass is 290 g/mol. The fourth-order valence-corrected chi connectivity index (χ4v) is 3.36. The van der Waals surface area contributed by atoms with Crippen molar-refractivity contribution in [3.8, 4) is 0 Å². The summed E-state index contributed by atoms with van der Waals surface area (Å²) in [6, 6.07) is 3.53. The average Bonchev–Trinajstić information content (AvgIpc) is 2.44. The number of fused-ring (bicyclic) bond motifs is 1. The molecule has 0 saturated carbocycles. The molecule has 2 aliphatic heterocycles. The zero-order valence-electron chi connectivity index (χ0n) is 12.3. The van der Waals surface area contributed by atoms with Gasteiger partial charge >= 0.3 is 0 Å². The third kappa shape index (κ3) is 2.30. The van der Waals surface area contributed by atoms with Crippen LogP contribution in [-0.4, -0.2) is 35.3 Å². The Morgan fingerprint density at radius 1 is 1.14 bits per heavy atom. The Hall–Kier alpha value is -1.91. The zero-order valence-corrected chi connectivity index (χ0v) is 12.3. The van der Waals surface area contributed by atoms with Crippen molar-refractivity contribution in [1.82, 2.24) is 4.90 Å². The maximum Gasteiger partial charge on any atom is 0.250 e. The largest absolute Gasteiger partial charge is 0.329 e. The fourth-order valence-electron chi connectivity index (χ4n) is 3.36. The number of piperidine rings is 1. The number of benzene rings is 1. The predicted molar refractivity (Wildman–Crippen MR) is 77.4 cm³/mol. The number of rotatable bonds is 1. The maximum absolute atomic E-state index is 13.6. The van der Waals surface area contributed by atoms with Gasteiger partial charge in [-0.1, -0.05) is 0 Å².